The number of nitrogens with zero attached hydrogens (tertiary/aromatic N) is 3. The van der Waals surface area contributed by atoms with Crippen molar-refractivity contribution in [3.05, 3.63) is 71.0 Å². The lowest BCUT2D eigenvalue weighted by Crippen LogP contribution is -2.41. The number of hydrogen-bond donors (Lipinski definition) is 2. The van der Waals surface area contributed by atoms with Crippen molar-refractivity contribution in [3.63, 3.8) is 0 Å². The van der Waals surface area contributed by atoms with E-state index in [1.807, 2.05) is 54.1 Å². The molecule has 26 heavy (non-hydrogen) atoms. The standard InChI is InChI=1S/C18H16ClN5OS/c1-11-21-22-18-24(11)23-15(12-7-3-2-4-8-12)16(26-18)17(25)20-14-10-6-5-9-13(14)19/h2-10,15-16,23H,1H3,(H,20,25)/t15-,16-/m1/s1. The molecule has 132 valence electrons. The van der Waals surface area contributed by atoms with Crippen LogP contribution in [0.3, 0.4) is 0 Å². The molecular formula is C18H16ClN5OS. The van der Waals surface area contributed by atoms with Crippen LogP contribution in [-0.2, 0) is 4.79 Å². The van der Waals surface area contributed by atoms with Crippen LogP contribution >= 0.6 is 23.4 Å². The minimum atomic E-state index is -0.426. The fourth-order valence-corrected chi connectivity index (χ4v) is 4.15. The Hall–Kier alpha value is -2.51. The van der Waals surface area contributed by atoms with E-state index < -0.39 is 5.25 Å². The highest BCUT2D eigenvalue weighted by atomic mass is 35.5. The summed E-state index contributed by atoms with van der Waals surface area (Å²) in [7, 11) is 0. The number of halogens is 1. The number of carbonyl (C=O) groups is 1. The topological polar surface area (TPSA) is 71.8 Å². The van der Waals surface area contributed by atoms with Gasteiger partial charge < -0.3 is 10.7 Å². The number of thioether (sulfide) groups is 1. The van der Waals surface area contributed by atoms with Gasteiger partial charge >= 0.3 is 0 Å². The van der Waals surface area contributed by atoms with Crippen LogP contribution < -0.4 is 10.7 Å². The number of nitrogens with one attached hydrogen (secondary N) is 2. The maximum absolute atomic E-state index is 13.0. The molecule has 6 nitrogen and oxygen atoms in total. The van der Waals surface area contributed by atoms with Crippen molar-refractivity contribution in [2.45, 2.75) is 23.4 Å². The monoisotopic (exact) mass is 385 g/mol. The SMILES string of the molecule is Cc1nnc2n1N[C@H](c1ccccc1)[C@H](C(=O)Nc1ccccc1Cl)S2. The smallest absolute Gasteiger partial charge is 0.240 e. The number of para-hydroxylation sites is 1. The molecule has 0 saturated carbocycles. The number of benzene rings is 2. The number of carbonyl (C=O) groups excluding carboxylic acids is 1. The Kier molecular flexibility index (Phi) is 4.57. The molecule has 0 spiro atoms. The molecule has 3 aromatic rings. The summed E-state index contributed by atoms with van der Waals surface area (Å²) >= 11 is 7.57. The van der Waals surface area contributed by atoms with E-state index in [1.165, 1.54) is 11.8 Å². The maximum atomic E-state index is 13.0. The minimum absolute atomic E-state index is 0.142. The maximum Gasteiger partial charge on any atom is 0.240 e. The first-order valence-electron chi connectivity index (χ1n) is 8.09. The minimum Gasteiger partial charge on any atom is -0.324 e. The summed E-state index contributed by atoms with van der Waals surface area (Å²) in [6, 6.07) is 16.8. The third kappa shape index (κ3) is 3.15. The lowest BCUT2D eigenvalue weighted by molar-refractivity contribution is -0.116. The summed E-state index contributed by atoms with van der Waals surface area (Å²) in [4.78, 5) is 13.0. The predicted molar refractivity (Wildman–Crippen MR) is 103 cm³/mol. The largest absolute Gasteiger partial charge is 0.324 e. The van der Waals surface area contributed by atoms with Gasteiger partial charge in [0.25, 0.3) is 0 Å². The number of fused-ring (bicyclic) bond motifs is 1. The molecule has 2 N–H and O–H groups in total. The van der Waals surface area contributed by atoms with Gasteiger partial charge in [-0.05, 0) is 24.6 Å². The van der Waals surface area contributed by atoms with Crippen LogP contribution in [0.4, 0.5) is 5.69 Å². The lowest BCUT2D eigenvalue weighted by atomic mass is 10.0. The second-order valence-electron chi connectivity index (χ2n) is 5.89. The normalized spacial score (nSPS) is 18.7. The Morgan fingerprint density at radius 3 is 2.65 bits per heavy atom. The number of anilines is 1. The summed E-state index contributed by atoms with van der Waals surface area (Å²) in [5.74, 6) is 0.606. The summed E-state index contributed by atoms with van der Waals surface area (Å²) < 4.78 is 1.82. The zero-order chi connectivity index (χ0) is 18.1. The van der Waals surface area contributed by atoms with Crippen LogP contribution in [0.1, 0.15) is 17.4 Å². The van der Waals surface area contributed by atoms with E-state index in [9.17, 15) is 4.79 Å². The number of rotatable bonds is 3. The first-order chi connectivity index (χ1) is 12.6. The van der Waals surface area contributed by atoms with E-state index in [1.54, 1.807) is 12.1 Å². The van der Waals surface area contributed by atoms with Crippen LogP contribution in [0.25, 0.3) is 0 Å². The molecule has 2 heterocycles. The van der Waals surface area contributed by atoms with Gasteiger partial charge in [0.2, 0.25) is 11.1 Å². The molecule has 4 rings (SSSR count). The van der Waals surface area contributed by atoms with Crippen LogP contribution in [0.2, 0.25) is 5.02 Å². The van der Waals surface area contributed by atoms with Crippen molar-refractivity contribution < 1.29 is 4.79 Å². The molecule has 1 amide bonds. The average Bonchev–Trinajstić information content (AvgIpc) is 3.03. The number of aromatic nitrogens is 3. The molecule has 0 saturated heterocycles. The van der Waals surface area contributed by atoms with E-state index in [2.05, 4.69) is 20.9 Å². The van der Waals surface area contributed by atoms with E-state index in [-0.39, 0.29) is 11.9 Å². The molecule has 1 aliphatic rings. The highest BCUT2D eigenvalue weighted by molar-refractivity contribution is 8.00. The molecule has 8 heteroatoms. The van der Waals surface area contributed by atoms with Crippen LogP contribution in [0, 0.1) is 6.92 Å². The highest BCUT2D eigenvalue weighted by Gasteiger charge is 2.37. The van der Waals surface area contributed by atoms with E-state index in [4.69, 9.17) is 11.6 Å². The van der Waals surface area contributed by atoms with Crippen molar-refractivity contribution in [1.29, 1.82) is 0 Å². The Morgan fingerprint density at radius 2 is 1.88 bits per heavy atom. The Labute approximate surface area is 159 Å². The Morgan fingerprint density at radius 1 is 1.15 bits per heavy atom. The zero-order valence-corrected chi connectivity index (χ0v) is 15.5. The second kappa shape index (κ2) is 7.01. The summed E-state index contributed by atoms with van der Waals surface area (Å²) in [5.41, 5.74) is 4.97. The number of aryl methyl sites for hydroxylation is 1. The van der Waals surface area contributed by atoms with Crippen molar-refractivity contribution in [1.82, 2.24) is 14.9 Å². The summed E-state index contributed by atoms with van der Waals surface area (Å²) in [5, 5.41) is 11.9. The van der Waals surface area contributed by atoms with Gasteiger partial charge in [-0.3, -0.25) is 4.79 Å². The van der Waals surface area contributed by atoms with Crippen LogP contribution in [0.15, 0.2) is 59.8 Å². The van der Waals surface area contributed by atoms with Crippen LogP contribution in [-0.4, -0.2) is 26.0 Å². The highest BCUT2D eigenvalue weighted by Crippen LogP contribution is 2.37. The van der Waals surface area contributed by atoms with Gasteiger partial charge in [-0.25, -0.2) is 4.68 Å². The summed E-state index contributed by atoms with van der Waals surface area (Å²) in [6.45, 7) is 1.87. The fraction of sp³-hybridized carbons (Fsp3) is 0.167. The zero-order valence-electron chi connectivity index (χ0n) is 13.9. The average molecular weight is 386 g/mol. The van der Waals surface area contributed by atoms with Crippen LogP contribution in [0.5, 0.6) is 0 Å². The van der Waals surface area contributed by atoms with E-state index in [0.29, 0.717) is 15.9 Å². The molecule has 1 aliphatic heterocycles. The number of hydrogen-bond acceptors (Lipinski definition) is 5. The van der Waals surface area contributed by atoms with Crippen molar-refractivity contribution in [2.75, 3.05) is 10.7 Å². The third-order valence-electron chi connectivity index (χ3n) is 4.15. The first kappa shape index (κ1) is 16.9. The van der Waals surface area contributed by atoms with Gasteiger partial charge in [0, 0.05) is 0 Å². The first-order valence-corrected chi connectivity index (χ1v) is 9.35. The van der Waals surface area contributed by atoms with Crippen molar-refractivity contribution in [2.24, 2.45) is 0 Å². The lowest BCUT2D eigenvalue weighted by Gasteiger charge is -2.32. The van der Waals surface area contributed by atoms with E-state index in [0.717, 1.165) is 11.4 Å². The molecular weight excluding hydrogens is 370 g/mol. The predicted octanol–water partition coefficient (Wildman–Crippen LogP) is 3.64. The quantitative estimate of drug-likeness (QED) is 0.720. The van der Waals surface area contributed by atoms with Gasteiger partial charge in [0.15, 0.2) is 0 Å². The molecule has 2 atom stereocenters. The number of amides is 1. The van der Waals surface area contributed by atoms with Gasteiger partial charge in [0.05, 0.1) is 16.8 Å². The third-order valence-corrected chi connectivity index (χ3v) is 5.69. The fourth-order valence-electron chi connectivity index (χ4n) is 2.84. The molecule has 0 bridgehead atoms. The molecule has 0 fully saturated rings. The Balaban J connectivity index is 1.67. The van der Waals surface area contributed by atoms with Gasteiger partial charge in [-0.15, -0.1) is 10.2 Å². The molecule has 0 aliphatic carbocycles. The molecule has 1 aromatic heterocycles. The second-order valence-corrected chi connectivity index (χ2v) is 7.41. The van der Waals surface area contributed by atoms with E-state index >= 15 is 0 Å². The molecule has 2 aromatic carbocycles. The van der Waals surface area contributed by atoms with Gasteiger partial charge in [0.1, 0.15) is 11.1 Å². The molecule has 0 radical (unpaired) electrons. The van der Waals surface area contributed by atoms with Gasteiger partial charge in [-0.1, -0.05) is 65.8 Å². The Bertz CT molecular complexity index is 946. The van der Waals surface area contributed by atoms with Crippen molar-refractivity contribution in [3.8, 4) is 0 Å². The molecule has 0 unspecified atom stereocenters. The summed E-state index contributed by atoms with van der Waals surface area (Å²) in [6.07, 6.45) is 0. The van der Waals surface area contributed by atoms with Gasteiger partial charge in [-0.2, -0.15) is 0 Å². The van der Waals surface area contributed by atoms with Crippen molar-refractivity contribution >= 4 is 35.0 Å².